The van der Waals surface area contributed by atoms with Crippen molar-refractivity contribution in [3.05, 3.63) is 141 Å². The molecule has 0 saturated heterocycles. The largest absolute Gasteiger partial charge is 0.457 e. The monoisotopic (exact) mass is 540 g/mol. The summed E-state index contributed by atoms with van der Waals surface area (Å²) in [5.41, 5.74) is 14.9. The summed E-state index contributed by atoms with van der Waals surface area (Å²) in [4.78, 5) is 0. The lowest BCUT2D eigenvalue weighted by Gasteiger charge is -2.18. The summed E-state index contributed by atoms with van der Waals surface area (Å²) in [6.07, 6.45) is 0.876. The third-order valence-corrected chi connectivity index (χ3v) is 8.37. The maximum atomic E-state index is 6.57. The van der Waals surface area contributed by atoms with Gasteiger partial charge >= 0.3 is 0 Å². The summed E-state index contributed by atoms with van der Waals surface area (Å²) in [6, 6.07) is 30.0. The minimum absolute atomic E-state index is 0.785. The average Bonchev–Trinajstić information content (AvgIpc) is 2.93. The molecule has 2 heteroatoms. The van der Waals surface area contributed by atoms with Gasteiger partial charge in [-0.1, -0.05) is 42.5 Å². The van der Waals surface area contributed by atoms with Gasteiger partial charge in [-0.15, -0.1) is 0 Å². The molecule has 5 rings (SSSR count). The average molecular weight is 541 g/mol. The van der Waals surface area contributed by atoms with Crippen LogP contribution in [-0.2, 0) is 6.42 Å². The molecule has 0 heterocycles. The van der Waals surface area contributed by atoms with Crippen molar-refractivity contribution >= 4 is 0 Å². The molecule has 0 aliphatic heterocycles. The Balaban J connectivity index is 1.59. The highest BCUT2D eigenvalue weighted by molar-refractivity contribution is 5.77. The van der Waals surface area contributed by atoms with Gasteiger partial charge in [0.05, 0.1) is 0 Å². The second-order valence-corrected chi connectivity index (χ2v) is 11.5. The van der Waals surface area contributed by atoms with E-state index in [1.165, 1.54) is 55.6 Å². The normalized spacial score (nSPS) is 11.0. The van der Waals surface area contributed by atoms with Gasteiger partial charge in [-0.3, -0.25) is 0 Å². The van der Waals surface area contributed by atoms with E-state index in [1.54, 1.807) is 0 Å². The second-order valence-electron chi connectivity index (χ2n) is 11.5. The lowest BCUT2D eigenvalue weighted by molar-refractivity contribution is 0.470. The summed E-state index contributed by atoms with van der Waals surface area (Å²) in [5, 5.41) is 0. The van der Waals surface area contributed by atoms with Crippen molar-refractivity contribution < 1.29 is 9.47 Å². The quantitative estimate of drug-likeness (QED) is 0.204. The molecule has 0 aromatic heterocycles. The van der Waals surface area contributed by atoms with E-state index in [2.05, 4.69) is 116 Å². The molecule has 0 amide bonds. The first-order chi connectivity index (χ1) is 19.6. The van der Waals surface area contributed by atoms with Gasteiger partial charge in [0.2, 0.25) is 0 Å². The maximum absolute atomic E-state index is 6.57. The van der Waals surface area contributed by atoms with Crippen LogP contribution >= 0.6 is 0 Å². The molecular formula is C39H40O2. The molecule has 0 spiro atoms. The fourth-order valence-electron chi connectivity index (χ4n) is 5.15. The van der Waals surface area contributed by atoms with Gasteiger partial charge in [0, 0.05) is 5.56 Å². The molecule has 2 nitrogen and oxygen atoms in total. The third kappa shape index (κ3) is 6.38. The van der Waals surface area contributed by atoms with Crippen LogP contribution in [0.25, 0.3) is 11.1 Å². The minimum Gasteiger partial charge on any atom is -0.457 e. The molecule has 5 aromatic carbocycles. The van der Waals surface area contributed by atoms with Gasteiger partial charge in [0.25, 0.3) is 0 Å². The molecule has 41 heavy (non-hydrogen) atoms. The van der Waals surface area contributed by atoms with Gasteiger partial charge in [0.15, 0.2) is 0 Å². The zero-order valence-electron chi connectivity index (χ0n) is 25.6. The van der Waals surface area contributed by atoms with Crippen molar-refractivity contribution in [2.45, 2.75) is 61.8 Å². The highest BCUT2D eigenvalue weighted by Crippen LogP contribution is 2.40. The number of ether oxygens (including phenoxy) is 2. The molecular weight excluding hydrogens is 500 g/mol. The Morgan fingerprint density at radius 3 is 1.51 bits per heavy atom. The highest BCUT2D eigenvalue weighted by atomic mass is 16.5. The zero-order chi connectivity index (χ0) is 29.3. The first kappa shape index (κ1) is 28.2. The van der Waals surface area contributed by atoms with Crippen LogP contribution in [0.4, 0.5) is 0 Å². The number of aryl methyl sites for hydroxylation is 7. The highest BCUT2D eigenvalue weighted by Gasteiger charge is 2.16. The standard InChI is InChI=1S/C39H40O2/c1-24-9-12-32(17-27(24)4)21-33-18-30(7)31(8)37(22-33)38-23-36(40-34-13-10-25(2)28(5)19-34)15-16-39(38)41-35-14-11-26(3)29(6)20-35/h9-20,22-23H,21H2,1-8H3. The molecule has 0 N–H and O–H groups in total. The van der Waals surface area contributed by atoms with Crippen molar-refractivity contribution in [2.24, 2.45) is 0 Å². The van der Waals surface area contributed by atoms with E-state index in [1.807, 2.05) is 24.3 Å². The third-order valence-electron chi connectivity index (χ3n) is 8.37. The Labute approximate surface area is 245 Å². The fourth-order valence-corrected chi connectivity index (χ4v) is 5.15. The molecule has 0 aliphatic rings. The Hall–Kier alpha value is -4.30. The second kappa shape index (κ2) is 11.7. The van der Waals surface area contributed by atoms with Gasteiger partial charge < -0.3 is 9.47 Å². The summed E-state index contributed by atoms with van der Waals surface area (Å²) < 4.78 is 12.9. The molecule has 0 aliphatic carbocycles. The summed E-state index contributed by atoms with van der Waals surface area (Å²) in [5.74, 6) is 3.26. The Morgan fingerprint density at radius 2 is 0.902 bits per heavy atom. The van der Waals surface area contributed by atoms with E-state index in [4.69, 9.17) is 9.47 Å². The molecule has 0 bridgehead atoms. The van der Waals surface area contributed by atoms with Gasteiger partial charge in [-0.2, -0.15) is 0 Å². The van der Waals surface area contributed by atoms with E-state index in [0.717, 1.165) is 40.5 Å². The predicted molar refractivity (Wildman–Crippen MR) is 172 cm³/mol. The van der Waals surface area contributed by atoms with Crippen LogP contribution in [0.15, 0.2) is 84.9 Å². The van der Waals surface area contributed by atoms with Crippen LogP contribution in [-0.4, -0.2) is 0 Å². The van der Waals surface area contributed by atoms with Crippen LogP contribution in [0.5, 0.6) is 23.0 Å². The van der Waals surface area contributed by atoms with Gasteiger partial charge in [-0.05, 0) is 165 Å². The van der Waals surface area contributed by atoms with E-state index >= 15 is 0 Å². The first-order valence-electron chi connectivity index (χ1n) is 14.4. The van der Waals surface area contributed by atoms with Crippen LogP contribution in [0, 0.1) is 55.4 Å². The Bertz CT molecular complexity index is 1740. The van der Waals surface area contributed by atoms with Crippen molar-refractivity contribution in [3.8, 4) is 34.1 Å². The topological polar surface area (TPSA) is 18.5 Å². The summed E-state index contributed by atoms with van der Waals surface area (Å²) in [6.45, 7) is 17.2. The Kier molecular flexibility index (Phi) is 8.03. The van der Waals surface area contributed by atoms with Crippen molar-refractivity contribution in [1.82, 2.24) is 0 Å². The molecule has 0 fully saturated rings. The lowest BCUT2D eigenvalue weighted by atomic mass is 9.91. The number of rotatable bonds is 7. The minimum atomic E-state index is 0.785. The van der Waals surface area contributed by atoms with E-state index < -0.39 is 0 Å². The maximum Gasteiger partial charge on any atom is 0.135 e. The summed E-state index contributed by atoms with van der Waals surface area (Å²) in [7, 11) is 0. The van der Waals surface area contributed by atoms with Crippen LogP contribution < -0.4 is 9.47 Å². The molecule has 0 radical (unpaired) electrons. The van der Waals surface area contributed by atoms with Crippen LogP contribution in [0.3, 0.4) is 0 Å². The first-order valence-corrected chi connectivity index (χ1v) is 14.4. The van der Waals surface area contributed by atoms with E-state index in [0.29, 0.717) is 0 Å². The summed E-state index contributed by atoms with van der Waals surface area (Å²) >= 11 is 0. The Morgan fingerprint density at radius 1 is 0.390 bits per heavy atom. The lowest BCUT2D eigenvalue weighted by Crippen LogP contribution is -1.98. The molecule has 0 unspecified atom stereocenters. The number of benzene rings is 5. The van der Waals surface area contributed by atoms with Crippen molar-refractivity contribution in [2.75, 3.05) is 0 Å². The van der Waals surface area contributed by atoms with Crippen molar-refractivity contribution in [1.29, 1.82) is 0 Å². The molecule has 0 saturated carbocycles. The van der Waals surface area contributed by atoms with Gasteiger partial charge in [0.1, 0.15) is 23.0 Å². The van der Waals surface area contributed by atoms with Crippen LogP contribution in [0.1, 0.15) is 55.6 Å². The number of hydrogen-bond donors (Lipinski definition) is 0. The SMILES string of the molecule is Cc1ccc(Cc2cc(C)c(C)c(-c3cc(Oc4ccc(C)c(C)c4)ccc3Oc3ccc(C)c(C)c3)c2)cc1C. The van der Waals surface area contributed by atoms with E-state index in [9.17, 15) is 0 Å². The molecule has 208 valence electrons. The smallest absolute Gasteiger partial charge is 0.135 e. The number of hydrogen-bond acceptors (Lipinski definition) is 2. The predicted octanol–water partition coefficient (Wildman–Crippen LogP) is 11.0. The molecule has 5 aromatic rings. The fraction of sp³-hybridized carbons (Fsp3) is 0.231. The molecule has 0 atom stereocenters. The van der Waals surface area contributed by atoms with E-state index in [-0.39, 0.29) is 0 Å². The van der Waals surface area contributed by atoms with Crippen molar-refractivity contribution in [3.63, 3.8) is 0 Å². The van der Waals surface area contributed by atoms with Gasteiger partial charge in [-0.25, -0.2) is 0 Å². The van der Waals surface area contributed by atoms with Crippen LogP contribution in [0.2, 0.25) is 0 Å². The zero-order valence-corrected chi connectivity index (χ0v) is 25.6.